The normalized spacial score (nSPS) is 12.9. The SMILES string of the molecule is NN=Nc1n[nH]c2c1C=C(c1ccccc1)NN2.O. The maximum atomic E-state index is 5.05. The van der Waals surface area contributed by atoms with Crippen molar-refractivity contribution in [2.45, 2.75) is 0 Å². The van der Waals surface area contributed by atoms with Crippen LogP contribution in [0.3, 0.4) is 0 Å². The number of hydrogen-bond acceptors (Lipinski definition) is 5. The average molecular weight is 259 g/mol. The Kier molecular flexibility index (Phi) is 3.44. The summed E-state index contributed by atoms with van der Waals surface area (Å²) < 4.78 is 0. The maximum absolute atomic E-state index is 5.05. The van der Waals surface area contributed by atoms with Crippen molar-refractivity contribution in [1.82, 2.24) is 15.6 Å². The second-order valence-electron chi connectivity index (χ2n) is 3.73. The molecule has 0 saturated carbocycles. The molecule has 19 heavy (non-hydrogen) atoms. The Bertz CT molecular complexity index is 617. The number of aromatic nitrogens is 2. The Morgan fingerprint density at radius 3 is 2.63 bits per heavy atom. The molecule has 7 N–H and O–H groups in total. The molecule has 0 spiro atoms. The van der Waals surface area contributed by atoms with Crippen LogP contribution in [0.4, 0.5) is 11.6 Å². The number of rotatable bonds is 2. The van der Waals surface area contributed by atoms with Gasteiger partial charge in [-0.05, 0) is 11.6 Å². The van der Waals surface area contributed by atoms with Gasteiger partial charge in [0, 0.05) is 0 Å². The van der Waals surface area contributed by atoms with Gasteiger partial charge in [0.15, 0.2) is 0 Å². The van der Waals surface area contributed by atoms with Gasteiger partial charge in [-0.25, -0.2) is 0 Å². The molecule has 0 atom stereocenters. The van der Waals surface area contributed by atoms with Gasteiger partial charge in [-0.15, -0.1) is 5.11 Å². The summed E-state index contributed by atoms with van der Waals surface area (Å²) in [6.45, 7) is 0. The lowest BCUT2D eigenvalue weighted by Gasteiger charge is -2.17. The number of fused-ring (bicyclic) bond motifs is 1. The van der Waals surface area contributed by atoms with E-state index in [0.717, 1.165) is 22.6 Å². The standard InChI is InChI=1S/C11H11N7.H2O/c12-18-17-11-8-6-9(7-4-2-1-3-5-7)13-14-10(8)15-16-11;/h1-6,13H,(H4,12,14,15,16,17);1H2. The van der Waals surface area contributed by atoms with Crippen LogP contribution in [0.15, 0.2) is 40.7 Å². The van der Waals surface area contributed by atoms with Crippen LogP contribution in [-0.4, -0.2) is 15.7 Å². The Morgan fingerprint density at radius 2 is 1.89 bits per heavy atom. The molecule has 0 amide bonds. The second kappa shape index (κ2) is 5.19. The van der Waals surface area contributed by atoms with Gasteiger partial charge in [0.2, 0.25) is 5.82 Å². The summed E-state index contributed by atoms with van der Waals surface area (Å²) in [6.07, 6.45) is 1.94. The fraction of sp³-hybridized carbons (Fsp3) is 0. The minimum Gasteiger partial charge on any atom is -0.412 e. The zero-order chi connectivity index (χ0) is 12.4. The largest absolute Gasteiger partial charge is 0.412 e. The van der Waals surface area contributed by atoms with Gasteiger partial charge < -0.3 is 11.3 Å². The van der Waals surface area contributed by atoms with Gasteiger partial charge in [0.05, 0.1) is 11.3 Å². The van der Waals surface area contributed by atoms with Crippen LogP contribution >= 0.6 is 0 Å². The predicted molar refractivity (Wildman–Crippen MR) is 72.0 cm³/mol. The topological polar surface area (TPSA) is 135 Å². The molecule has 0 radical (unpaired) electrons. The van der Waals surface area contributed by atoms with Crippen LogP contribution < -0.4 is 16.7 Å². The van der Waals surface area contributed by atoms with Gasteiger partial charge in [0.25, 0.3) is 0 Å². The van der Waals surface area contributed by atoms with Crippen LogP contribution in [0, 0.1) is 0 Å². The zero-order valence-corrected chi connectivity index (χ0v) is 9.88. The molecule has 0 aliphatic carbocycles. The molecule has 98 valence electrons. The molecule has 0 fully saturated rings. The number of hydrazine groups is 1. The van der Waals surface area contributed by atoms with E-state index in [1.807, 2.05) is 36.4 Å². The molecule has 2 heterocycles. The van der Waals surface area contributed by atoms with Crippen molar-refractivity contribution in [3.8, 4) is 0 Å². The molecule has 1 aromatic heterocycles. The van der Waals surface area contributed by atoms with E-state index in [2.05, 4.69) is 31.4 Å². The number of H-pyrrole nitrogens is 1. The van der Waals surface area contributed by atoms with Crippen molar-refractivity contribution in [3.05, 3.63) is 41.5 Å². The minimum absolute atomic E-state index is 0. The smallest absolute Gasteiger partial charge is 0.206 e. The summed E-state index contributed by atoms with van der Waals surface area (Å²) in [5.41, 5.74) is 8.91. The van der Waals surface area contributed by atoms with E-state index in [4.69, 9.17) is 5.84 Å². The highest BCUT2D eigenvalue weighted by Crippen LogP contribution is 2.30. The number of nitrogens with one attached hydrogen (secondary N) is 3. The molecule has 8 heteroatoms. The van der Waals surface area contributed by atoms with Gasteiger partial charge in [-0.2, -0.15) is 5.10 Å². The number of nitrogens with two attached hydrogens (primary N) is 1. The Balaban J connectivity index is 0.00000133. The Morgan fingerprint density at radius 1 is 1.11 bits per heavy atom. The van der Waals surface area contributed by atoms with Crippen LogP contribution in [0.1, 0.15) is 11.1 Å². The molecular weight excluding hydrogens is 246 g/mol. The van der Waals surface area contributed by atoms with Gasteiger partial charge >= 0.3 is 0 Å². The first-order valence-corrected chi connectivity index (χ1v) is 5.37. The van der Waals surface area contributed by atoms with Gasteiger partial charge in [-0.1, -0.05) is 35.6 Å². The van der Waals surface area contributed by atoms with Crippen LogP contribution in [-0.2, 0) is 0 Å². The van der Waals surface area contributed by atoms with Gasteiger partial charge in [-0.3, -0.25) is 16.0 Å². The lowest BCUT2D eigenvalue weighted by Crippen LogP contribution is -2.23. The molecule has 0 unspecified atom stereocenters. The molecule has 1 aromatic carbocycles. The van der Waals surface area contributed by atoms with Crippen molar-refractivity contribution >= 4 is 23.4 Å². The Labute approximate surface area is 108 Å². The lowest BCUT2D eigenvalue weighted by molar-refractivity contribution is 0.824. The van der Waals surface area contributed by atoms with Gasteiger partial charge in [0.1, 0.15) is 5.82 Å². The average Bonchev–Trinajstić information content (AvgIpc) is 2.83. The van der Waals surface area contributed by atoms with Crippen molar-refractivity contribution in [3.63, 3.8) is 0 Å². The van der Waals surface area contributed by atoms with E-state index in [1.165, 1.54) is 0 Å². The summed E-state index contributed by atoms with van der Waals surface area (Å²) in [4.78, 5) is 0. The summed E-state index contributed by atoms with van der Waals surface area (Å²) in [5, 5.41) is 13.8. The highest BCUT2D eigenvalue weighted by molar-refractivity contribution is 5.89. The van der Waals surface area contributed by atoms with E-state index in [-0.39, 0.29) is 5.48 Å². The quantitative estimate of drug-likeness (QED) is 0.363. The maximum Gasteiger partial charge on any atom is 0.206 e. The zero-order valence-electron chi connectivity index (χ0n) is 9.88. The highest BCUT2D eigenvalue weighted by Gasteiger charge is 2.17. The number of anilines is 1. The molecule has 1 aliphatic rings. The second-order valence-corrected chi connectivity index (χ2v) is 3.73. The van der Waals surface area contributed by atoms with Crippen molar-refractivity contribution in [2.24, 2.45) is 16.2 Å². The number of benzene rings is 1. The molecule has 8 nitrogen and oxygen atoms in total. The number of aromatic amines is 1. The number of hydrogen-bond donors (Lipinski definition) is 4. The predicted octanol–water partition coefficient (Wildman–Crippen LogP) is 0.971. The Hall–Kier alpha value is -2.87. The molecule has 0 saturated heterocycles. The van der Waals surface area contributed by atoms with Crippen LogP contribution in [0.2, 0.25) is 0 Å². The molecule has 2 aromatic rings. The van der Waals surface area contributed by atoms with Crippen molar-refractivity contribution in [2.75, 3.05) is 5.43 Å². The van der Waals surface area contributed by atoms with E-state index in [1.54, 1.807) is 0 Å². The third-order valence-electron chi connectivity index (χ3n) is 2.63. The van der Waals surface area contributed by atoms with E-state index in [9.17, 15) is 0 Å². The minimum atomic E-state index is 0. The number of nitrogens with zero attached hydrogens (tertiary/aromatic N) is 3. The lowest BCUT2D eigenvalue weighted by atomic mass is 10.1. The summed E-state index contributed by atoms with van der Waals surface area (Å²) in [7, 11) is 0. The summed E-state index contributed by atoms with van der Waals surface area (Å²) >= 11 is 0. The third kappa shape index (κ3) is 2.24. The fourth-order valence-corrected chi connectivity index (χ4v) is 1.79. The first kappa shape index (κ1) is 12.6. The molecule has 1 aliphatic heterocycles. The first-order chi connectivity index (χ1) is 8.88. The fourth-order valence-electron chi connectivity index (χ4n) is 1.79. The molecule has 3 rings (SSSR count). The third-order valence-corrected chi connectivity index (χ3v) is 2.63. The first-order valence-electron chi connectivity index (χ1n) is 5.37. The summed E-state index contributed by atoms with van der Waals surface area (Å²) in [5.74, 6) is 6.23. The van der Waals surface area contributed by atoms with E-state index in [0.29, 0.717) is 5.82 Å². The van der Waals surface area contributed by atoms with Crippen molar-refractivity contribution in [1.29, 1.82) is 0 Å². The van der Waals surface area contributed by atoms with Crippen LogP contribution in [0.25, 0.3) is 11.8 Å². The monoisotopic (exact) mass is 259 g/mol. The highest BCUT2D eigenvalue weighted by atomic mass is 16.0. The molecule has 0 bridgehead atoms. The molecular formula is C11H13N7O. The summed E-state index contributed by atoms with van der Waals surface area (Å²) in [6, 6.07) is 9.94. The van der Waals surface area contributed by atoms with Crippen LogP contribution in [0.5, 0.6) is 0 Å². The van der Waals surface area contributed by atoms with E-state index >= 15 is 0 Å². The van der Waals surface area contributed by atoms with E-state index < -0.39 is 0 Å². The van der Waals surface area contributed by atoms with Crippen molar-refractivity contribution < 1.29 is 5.48 Å².